The molecule has 2 fully saturated rings. The van der Waals surface area contributed by atoms with Gasteiger partial charge < -0.3 is 20.7 Å². The average Bonchev–Trinajstić information content (AvgIpc) is 3.74. The van der Waals surface area contributed by atoms with Crippen molar-refractivity contribution in [3.8, 4) is 5.69 Å². The molecule has 1 aliphatic carbocycles. The molecule has 1 saturated carbocycles. The summed E-state index contributed by atoms with van der Waals surface area (Å²) in [5.74, 6) is 0.0379. The van der Waals surface area contributed by atoms with E-state index in [0.717, 1.165) is 67.1 Å². The number of hydrogen-bond acceptors (Lipinski definition) is 6. The molecule has 4 aromatic rings. The number of nitrogens with zero attached hydrogens (tertiary/aromatic N) is 4. The smallest absolute Gasteiger partial charge is 0.255 e. The fraction of sp³-hybridized carbons (Fsp3) is 0.276. The number of rotatable bonds is 7. The van der Waals surface area contributed by atoms with Gasteiger partial charge in [0.05, 0.1) is 37.3 Å². The summed E-state index contributed by atoms with van der Waals surface area (Å²) in [6, 6.07) is 21.0. The predicted molar refractivity (Wildman–Crippen MR) is 148 cm³/mol. The molecule has 1 aliphatic heterocycles. The number of ether oxygens (including phenoxy) is 1. The van der Waals surface area contributed by atoms with E-state index in [2.05, 4.69) is 15.3 Å². The number of carbonyl (C=O) groups excluding carboxylic acids is 2. The number of morpholine rings is 1. The van der Waals surface area contributed by atoms with E-state index >= 15 is 0 Å². The lowest BCUT2D eigenvalue weighted by molar-refractivity contribution is -0.119. The summed E-state index contributed by atoms with van der Waals surface area (Å²) >= 11 is 0. The molecule has 2 heterocycles. The molecule has 0 spiro atoms. The number of aromatic nitrogens is 2. The second-order valence-corrected chi connectivity index (χ2v) is 9.67. The SMILES string of the molecule is NCN(C(=O)C1CC1)c1ccc(-n2ncc3cc(NC(=O)c4ccc(N5CCOCC5)cc4)ccc32)cc1. The minimum atomic E-state index is -0.161. The number of nitrogens with one attached hydrogen (secondary N) is 1. The van der Waals surface area contributed by atoms with Crippen molar-refractivity contribution in [1.82, 2.24) is 9.78 Å². The number of amides is 2. The Balaban J connectivity index is 1.15. The summed E-state index contributed by atoms with van der Waals surface area (Å²) < 4.78 is 7.25. The zero-order valence-corrected chi connectivity index (χ0v) is 21.0. The van der Waals surface area contributed by atoms with Gasteiger partial charge in [0.2, 0.25) is 5.91 Å². The van der Waals surface area contributed by atoms with Crippen molar-refractivity contribution in [2.45, 2.75) is 12.8 Å². The lowest BCUT2D eigenvalue weighted by atomic mass is 10.1. The van der Waals surface area contributed by atoms with Gasteiger partial charge in [0.1, 0.15) is 0 Å². The normalized spacial score (nSPS) is 15.4. The summed E-state index contributed by atoms with van der Waals surface area (Å²) in [4.78, 5) is 29.3. The van der Waals surface area contributed by atoms with Crippen molar-refractivity contribution in [3.05, 3.63) is 78.5 Å². The van der Waals surface area contributed by atoms with Crippen LogP contribution in [0.2, 0.25) is 0 Å². The van der Waals surface area contributed by atoms with E-state index in [9.17, 15) is 9.59 Å². The van der Waals surface area contributed by atoms with Crippen molar-refractivity contribution in [2.24, 2.45) is 11.7 Å². The van der Waals surface area contributed by atoms with Crippen LogP contribution in [0, 0.1) is 5.92 Å². The molecule has 6 rings (SSSR count). The molecule has 9 nitrogen and oxygen atoms in total. The Kier molecular flexibility index (Phi) is 6.53. The Morgan fingerprint density at radius 1 is 0.974 bits per heavy atom. The summed E-state index contributed by atoms with van der Waals surface area (Å²) in [5, 5.41) is 8.45. The average molecular weight is 511 g/mol. The summed E-state index contributed by atoms with van der Waals surface area (Å²) in [5.41, 5.74) is 10.8. The number of nitrogens with two attached hydrogens (primary N) is 1. The highest BCUT2D eigenvalue weighted by Crippen LogP contribution is 2.33. The molecule has 0 atom stereocenters. The standard InChI is InChI=1S/C29H30N6O3/c30-19-34(29(37)21-1-2-21)25-8-10-26(11-9-25)35-27-12-5-23(17-22(27)18-31-35)32-28(36)20-3-6-24(7-4-20)33-13-15-38-16-14-33/h3-12,17-18,21H,1-2,13-16,19,30H2,(H,32,36). The van der Waals surface area contributed by atoms with Crippen molar-refractivity contribution in [2.75, 3.05) is 48.1 Å². The van der Waals surface area contributed by atoms with Crippen molar-refractivity contribution >= 4 is 39.8 Å². The third-order valence-electron chi connectivity index (χ3n) is 7.11. The van der Waals surface area contributed by atoms with Gasteiger partial charge in [-0.05, 0) is 79.6 Å². The molecule has 3 N–H and O–H groups in total. The predicted octanol–water partition coefficient (Wildman–Crippen LogP) is 3.77. The number of hydrogen-bond donors (Lipinski definition) is 2. The fourth-order valence-corrected chi connectivity index (χ4v) is 4.81. The Hall–Kier alpha value is -4.21. The van der Waals surface area contributed by atoms with Crippen LogP contribution >= 0.6 is 0 Å². The van der Waals surface area contributed by atoms with Crippen molar-refractivity contribution in [1.29, 1.82) is 0 Å². The fourth-order valence-electron chi connectivity index (χ4n) is 4.81. The van der Waals surface area contributed by atoms with Gasteiger partial charge in [-0.2, -0.15) is 5.10 Å². The highest BCUT2D eigenvalue weighted by Gasteiger charge is 2.33. The monoisotopic (exact) mass is 510 g/mol. The van der Waals surface area contributed by atoms with Crippen LogP contribution in [-0.4, -0.2) is 54.6 Å². The quantitative estimate of drug-likeness (QED) is 0.367. The van der Waals surface area contributed by atoms with Crippen LogP contribution in [0.3, 0.4) is 0 Å². The first-order chi connectivity index (χ1) is 18.6. The number of fused-ring (bicyclic) bond motifs is 1. The highest BCUT2D eigenvalue weighted by atomic mass is 16.5. The van der Waals surface area contributed by atoms with E-state index in [1.165, 1.54) is 0 Å². The minimum Gasteiger partial charge on any atom is -0.378 e. The molecule has 3 aromatic carbocycles. The van der Waals surface area contributed by atoms with Crippen LogP contribution in [0.25, 0.3) is 16.6 Å². The molecule has 0 unspecified atom stereocenters. The molecule has 194 valence electrons. The van der Waals surface area contributed by atoms with E-state index in [1.54, 1.807) is 11.1 Å². The lowest BCUT2D eigenvalue weighted by Crippen LogP contribution is -2.37. The van der Waals surface area contributed by atoms with Crippen LogP contribution in [0.5, 0.6) is 0 Å². The third-order valence-corrected chi connectivity index (χ3v) is 7.11. The summed E-state index contributed by atoms with van der Waals surface area (Å²) in [7, 11) is 0. The zero-order valence-electron chi connectivity index (χ0n) is 21.0. The molecular weight excluding hydrogens is 480 g/mol. The Bertz CT molecular complexity index is 1450. The topological polar surface area (TPSA) is 106 Å². The molecule has 38 heavy (non-hydrogen) atoms. The summed E-state index contributed by atoms with van der Waals surface area (Å²) in [6.45, 7) is 3.32. The van der Waals surface area contributed by atoms with E-state index in [0.29, 0.717) is 11.3 Å². The maximum absolute atomic E-state index is 12.9. The molecule has 1 aromatic heterocycles. The lowest BCUT2D eigenvalue weighted by Gasteiger charge is -2.28. The Labute approximate surface area is 220 Å². The number of carbonyl (C=O) groups is 2. The molecule has 2 aliphatic rings. The largest absolute Gasteiger partial charge is 0.378 e. The maximum atomic E-state index is 12.9. The third kappa shape index (κ3) is 4.85. The van der Waals surface area contributed by atoms with Gasteiger partial charge in [-0.15, -0.1) is 0 Å². The molecule has 0 bridgehead atoms. The van der Waals surface area contributed by atoms with Crippen LogP contribution in [-0.2, 0) is 9.53 Å². The van der Waals surface area contributed by atoms with Gasteiger partial charge >= 0.3 is 0 Å². The second kappa shape index (κ2) is 10.3. The van der Waals surface area contributed by atoms with E-state index in [1.807, 2.05) is 71.4 Å². The van der Waals surface area contributed by atoms with Gasteiger partial charge in [0.15, 0.2) is 0 Å². The van der Waals surface area contributed by atoms with Crippen LogP contribution in [0.1, 0.15) is 23.2 Å². The molecule has 0 radical (unpaired) electrons. The maximum Gasteiger partial charge on any atom is 0.255 e. The van der Waals surface area contributed by atoms with E-state index in [4.69, 9.17) is 10.5 Å². The highest BCUT2D eigenvalue weighted by molar-refractivity contribution is 6.05. The van der Waals surface area contributed by atoms with Gasteiger partial charge in [-0.3, -0.25) is 14.5 Å². The van der Waals surface area contributed by atoms with Gasteiger partial charge in [0.25, 0.3) is 5.91 Å². The molecular formula is C29H30N6O3. The molecule has 2 amide bonds. The van der Waals surface area contributed by atoms with Crippen LogP contribution < -0.4 is 20.9 Å². The molecule has 9 heteroatoms. The van der Waals surface area contributed by atoms with Crippen molar-refractivity contribution in [3.63, 3.8) is 0 Å². The van der Waals surface area contributed by atoms with E-state index in [-0.39, 0.29) is 24.4 Å². The Morgan fingerprint density at radius 3 is 2.37 bits per heavy atom. The Morgan fingerprint density at radius 2 is 1.68 bits per heavy atom. The van der Waals surface area contributed by atoms with Crippen LogP contribution in [0.15, 0.2) is 72.9 Å². The first kappa shape index (κ1) is 24.1. The molecule has 1 saturated heterocycles. The number of anilines is 3. The second-order valence-electron chi connectivity index (χ2n) is 9.67. The van der Waals surface area contributed by atoms with E-state index < -0.39 is 0 Å². The van der Waals surface area contributed by atoms with Crippen LogP contribution in [0.4, 0.5) is 17.1 Å². The number of benzene rings is 3. The minimum absolute atomic E-state index is 0.0902. The first-order valence-electron chi connectivity index (χ1n) is 12.9. The van der Waals surface area contributed by atoms with Gasteiger partial charge in [-0.1, -0.05) is 0 Å². The van der Waals surface area contributed by atoms with Gasteiger partial charge in [-0.25, -0.2) is 4.68 Å². The van der Waals surface area contributed by atoms with Gasteiger partial charge in [0, 0.05) is 47.0 Å². The summed E-state index contributed by atoms with van der Waals surface area (Å²) in [6.07, 6.45) is 3.66. The first-order valence-corrected chi connectivity index (χ1v) is 12.9. The van der Waals surface area contributed by atoms with Crippen molar-refractivity contribution < 1.29 is 14.3 Å². The zero-order chi connectivity index (χ0) is 26.1.